The number of hydrogen-bond donors (Lipinski definition) is 1. The molecular weight excluding hydrogens is 350 g/mol. The molecule has 1 aromatic heterocycles. The zero-order valence-electron chi connectivity index (χ0n) is 14.3. The summed E-state index contributed by atoms with van der Waals surface area (Å²) in [6.45, 7) is 2.64. The zero-order chi connectivity index (χ0) is 18.3. The van der Waals surface area contributed by atoms with Gasteiger partial charge in [-0.15, -0.1) is 0 Å². The third kappa shape index (κ3) is 2.99. The van der Waals surface area contributed by atoms with Gasteiger partial charge >= 0.3 is 0 Å². The highest BCUT2D eigenvalue weighted by Gasteiger charge is 2.18. The molecule has 26 heavy (non-hydrogen) atoms. The largest absolute Gasteiger partial charge is 0.346 e. The van der Waals surface area contributed by atoms with Gasteiger partial charge in [0.2, 0.25) is 0 Å². The van der Waals surface area contributed by atoms with E-state index in [1.807, 2.05) is 19.1 Å². The van der Waals surface area contributed by atoms with E-state index in [0.29, 0.717) is 21.5 Å². The molecule has 4 rings (SSSR count). The fourth-order valence-electron chi connectivity index (χ4n) is 3.34. The molecule has 5 nitrogen and oxygen atoms in total. The minimum atomic E-state index is -0.197. The van der Waals surface area contributed by atoms with E-state index in [1.54, 1.807) is 34.9 Å². The zero-order valence-corrected chi connectivity index (χ0v) is 15.1. The van der Waals surface area contributed by atoms with Crippen LogP contribution in [-0.4, -0.2) is 15.5 Å². The molecule has 0 saturated heterocycles. The average molecular weight is 368 g/mol. The molecule has 2 aromatic carbocycles. The molecule has 0 saturated carbocycles. The first-order chi connectivity index (χ1) is 12.5. The van der Waals surface area contributed by atoms with Crippen LogP contribution < -0.4 is 10.9 Å². The topological polar surface area (TPSA) is 64.0 Å². The fourth-order valence-corrected chi connectivity index (χ4v) is 3.47. The summed E-state index contributed by atoms with van der Waals surface area (Å²) in [4.78, 5) is 29.7. The van der Waals surface area contributed by atoms with Crippen molar-refractivity contribution in [3.8, 4) is 0 Å². The first kappa shape index (κ1) is 16.8. The van der Waals surface area contributed by atoms with E-state index in [4.69, 9.17) is 11.6 Å². The van der Waals surface area contributed by atoms with Gasteiger partial charge in [-0.25, -0.2) is 4.98 Å². The average Bonchev–Trinajstić information content (AvgIpc) is 3.10. The maximum absolute atomic E-state index is 12.6. The van der Waals surface area contributed by atoms with Gasteiger partial charge in [-0.2, -0.15) is 0 Å². The smallest absolute Gasteiger partial charge is 0.261 e. The number of hydrogen-bond acceptors (Lipinski definition) is 3. The number of halogens is 1. The lowest BCUT2D eigenvalue weighted by Crippen LogP contribution is -2.27. The van der Waals surface area contributed by atoms with Gasteiger partial charge in [0.25, 0.3) is 11.5 Å². The summed E-state index contributed by atoms with van der Waals surface area (Å²) in [5.41, 5.74) is 2.02. The number of amides is 1. The monoisotopic (exact) mass is 367 g/mol. The van der Waals surface area contributed by atoms with E-state index in [9.17, 15) is 9.59 Å². The van der Waals surface area contributed by atoms with Crippen molar-refractivity contribution in [3.05, 3.63) is 74.8 Å². The number of carbonyl (C=O) groups is 1. The number of benzene rings is 2. The van der Waals surface area contributed by atoms with Gasteiger partial charge in [-0.05, 0) is 49.2 Å². The highest BCUT2D eigenvalue weighted by Crippen LogP contribution is 2.19. The van der Waals surface area contributed by atoms with E-state index in [-0.39, 0.29) is 17.5 Å². The van der Waals surface area contributed by atoms with Crippen molar-refractivity contribution in [1.29, 1.82) is 0 Å². The van der Waals surface area contributed by atoms with E-state index < -0.39 is 0 Å². The van der Waals surface area contributed by atoms with Gasteiger partial charge < -0.3 is 5.32 Å². The lowest BCUT2D eigenvalue weighted by Gasteiger charge is -2.15. The van der Waals surface area contributed by atoms with Crippen LogP contribution in [0.2, 0.25) is 5.02 Å². The van der Waals surface area contributed by atoms with Crippen LogP contribution in [0.3, 0.4) is 0 Å². The minimum Gasteiger partial charge on any atom is -0.346 e. The lowest BCUT2D eigenvalue weighted by atomic mass is 10.1. The van der Waals surface area contributed by atoms with E-state index >= 15 is 0 Å². The molecule has 3 aromatic rings. The molecule has 0 bridgehead atoms. The summed E-state index contributed by atoms with van der Waals surface area (Å²) in [6, 6.07) is 12.3. The maximum atomic E-state index is 12.6. The second-order valence-corrected chi connectivity index (χ2v) is 7.00. The Kier molecular flexibility index (Phi) is 4.24. The number of nitrogens with zero attached hydrogens (tertiary/aromatic N) is 2. The molecule has 132 valence electrons. The Morgan fingerprint density at radius 2 is 2.00 bits per heavy atom. The van der Waals surface area contributed by atoms with Crippen molar-refractivity contribution in [2.75, 3.05) is 0 Å². The summed E-state index contributed by atoms with van der Waals surface area (Å²) in [5.74, 6) is 0.603. The molecule has 0 fully saturated rings. The van der Waals surface area contributed by atoms with E-state index in [1.165, 1.54) is 0 Å². The Morgan fingerprint density at radius 1 is 1.23 bits per heavy atom. The summed E-state index contributed by atoms with van der Waals surface area (Å²) < 4.78 is 1.73. The Bertz CT molecular complexity index is 1060. The Morgan fingerprint density at radius 3 is 2.77 bits per heavy atom. The third-order valence-corrected chi connectivity index (χ3v) is 5.05. The summed E-state index contributed by atoms with van der Waals surface area (Å²) in [6.07, 6.45) is 1.74. The predicted octanol–water partition coefficient (Wildman–Crippen LogP) is 3.49. The normalized spacial score (nSPS) is 14.2. The number of rotatable bonds is 3. The molecule has 1 atom stereocenters. The van der Waals surface area contributed by atoms with Crippen molar-refractivity contribution >= 4 is 28.4 Å². The molecule has 0 radical (unpaired) electrons. The molecule has 0 spiro atoms. The quantitative estimate of drug-likeness (QED) is 0.770. The van der Waals surface area contributed by atoms with Gasteiger partial charge in [0.1, 0.15) is 5.82 Å². The van der Waals surface area contributed by atoms with Gasteiger partial charge in [-0.3, -0.25) is 14.2 Å². The molecule has 2 heterocycles. The van der Waals surface area contributed by atoms with Crippen molar-refractivity contribution in [3.63, 3.8) is 0 Å². The highest BCUT2D eigenvalue weighted by atomic mass is 35.5. The Balaban J connectivity index is 1.62. The number of carbonyl (C=O) groups excluding carboxylic acids is 1. The molecule has 0 aliphatic carbocycles. The molecule has 1 N–H and O–H groups in total. The van der Waals surface area contributed by atoms with Crippen LogP contribution in [0.4, 0.5) is 0 Å². The maximum Gasteiger partial charge on any atom is 0.261 e. The van der Waals surface area contributed by atoms with Crippen LogP contribution in [0.15, 0.2) is 47.3 Å². The fraction of sp³-hybridized carbons (Fsp3) is 0.250. The highest BCUT2D eigenvalue weighted by molar-refractivity contribution is 6.30. The van der Waals surface area contributed by atoms with Crippen LogP contribution in [-0.2, 0) is 13.0 Å². The van der Waals surface area contributed by atoms with Gasteiger partial charge in [-0.1, -0.05) is 23.7 Å². The van der Waals surface area contributed by atoms with Gasteiger partial charge in [0, 0.05) is 23.6 Å². The van der Waals surface area contributed by atoms with Crippen molar-refractivity contribution in [1.82, 2.24) is 14.9 Å². The standard InChI is InChI=1S/C20H18ClN3O2/c1-12(13-4-7-15(21)8-5-13)22-19(25)14-6-9-16-17(11-14)23-18-3-2-10-24(18)20(16)26/h4-9,11-12H,2-3,10H2,1H3,(H,22,25)/t12-/m1/s1. The SMILES string of the molecule is C[C@@H](NC(=O)c1ccc2c(=O)n3c(nc2c1)CCC3)c1ccc(Cl)cc1. The second-order valence-electron chi connectivity index (χ2n) is 6.57. The van der Waals surface area contributed by atoms with Crippen LogP contribution in [0.5, 0.6) is 0 Å². The van der Waals surface area contributed by atoms with Crippen LogP contribution in [0.1, 0.15) is 41.1 Å². The van der Waals surface area contributed by atoms with Crippen molar-refractivity contribution < 1.29 is 4.79 Å². The number of aryl methyl sites for hydroxylation is 1. The lowest BCUT2D eigenvalue weighted by molar-refractivity contribution is 0.0940. The van der Waals surface area contributed by atoms with E-state index in [0.717, 1.165) is 30.8 Å². The number of aromatic nitrogens is 2. The van der Waals surface area contributed by atoms with Crippen LogP contribution >= 0.6 is 11.6 Å². The summed E-state index contributed by atoms with van der Waals surface area (Å²) >= 11 is 5.90. The summed E-state index contributed by atoms with van der Waals surface area (Å²) in [7, 11) is 0. The Hall–Kier alpha value is -2.66. The minimum absolute atomic E-state index is 0.0241. The second kappa shape index (κ2) is 6.57. The third-order valence-electron chi connectivity index (χ3n) is 4.80. The summed E-state index contributed by atoms with van der Waals surface area (Å²) in [5, 5.41) is 4.18. The molecule has 1 aliphatic heterocycles. The first-order valence-electron chi connectivity index (χ1n) is 8.63. The molecule has 1 aliphatic rings. The molecule has 1 amide bonds. The number of fused-ring (bicyclic) bond motifs is 2. The van der Waals surface area contributed by atoms with Crippen LogP contribution in [0, 0.1) is 0 Å². The van der Waals surface area contributed by atoms with Gasteiger partial charge in [0.05, 0.1) is 16.9 Å². The number of nitrogens with one attached hydrogen (secondary N) is 1. The van der Waals surface area contributed by atoms with E-state index in [2.05, 4.69) is 10.3 Å². The first-order valence-corrected chi connectivity index (χ1v) is 9.00. The Labute approximate surface area is 155 Å². The molecule has 0 unspecified atom stereocenters. The van der Waals surface area contributed by atoms with Crippen molar-refractivity contribution in [2.24, 2.45) is 0 Å². The predicted molar refractivity (Wildman–Crippen MR) is 102 cm³/mol. The van der Waals surface area contributed by atoms with Crippen LogP contribution in [0.25, 0.3) is 10.9 Å². The van der Waals surface area contributed by atoms with Crippen molar-refractivity contribution in [2.45, 2.75) is 32.4 Å². The van der Waals surface area contributed by atoms with Gasteiger partial charge in [0.15, 0.2) is 0 Å². The molecular formula is C20H18ClN3O2. The molecule has 6 heteroatoms.